The van der Waals surface area contributed by atoms with E-state index >= 15 is 0 Å². The first kappa shape index (κ1) is 17.5. The molecule has 2 aromatic heterocycles. The summed E-state index contributed by atoms with van der Waals surface area (Å²) >= 11 is 9.68. The van der Waals surface area contributed by atoms with E-state index in [2.05, 4.69) is 26.0 Å². The molecule has 1 aliphatic heterocycles. The Labute approximate surface area is 162 Å². The van der Waals surface area contributed by atoms with E-state index in [0.29, 0.717) is 27.3 Å². The van der Waals surface area contributed by atoms with Crippen LogP contribution < -0.4 is 0 Å². The van der Waals surface area contributed by atoms with Crippen molar-refractivity contribution in [2.75, 3.05) is 6.61 Å². The zero-order valence-electron chi connectivity index (χ0n) is 13.8. The number of ether oxygens (including phenoxy) is 1. The van der Waals surface area contributed by atoms with Crippen LogP contribution in [0, 0.1) is 0 Å². The molecule has 1 aromatic carbocycles. The van der Waals surface area contributed by atoms with Crippen molar-refractivity contribution in [3.63, 3.8) is 0 Å². The maximum Gasteiger partial charge on any atom is 0.337 e. The third-order valence-electron chi connectivity index (χ3n) is 4.38. The van der Waals surface area contributed by atoms with Gasteiger partial charge >= 0.3 is 5.97 Å². The summed E-state index contributed by atoms with van der Waals surface area (Å²) in [4.78, 5) is 17.0. The number of aromatic nitrogens is 4. The summed E-state index contributed by atoms with van der Waals surface area (Å²) in [5.74, 6) is -0.487. The Morgan fingerprint density at radius 3 is 3.12 bits per heavy atom. The largest absolute Gasteiger partial charge is 0.464 e. The normalized spacial score (nSPS) is 17.5. The monoisotopic (exact) mass is 440 g/mol. The predicted molar refractivity (Wildman–Crippen MR) is 98.0 cm³/mol. The summed E-state index contributed by atoms with van der Waals surface area (Å²) in [7, 11) is 0. The number of nitrogens with zero attached hydrogens (tertiary/aromatic N) is 4. The maximum absolute atomic E-state index is 13.8. The number of halogens is 3. The molecule has 9 heteroatoms. The van der Waals surface area contributed by atoms with E-state index in [1.54, 1.807) is 30.1 Å². The highest BCUT2D eigenvalue weighted by Gasteiger charge is 2.34. The van der Waals surface area contributed by atoms with Crippen molar-refractivity contribution >= 4 is 44.4 Å². The first-order valence-electron chi connectivity index (χ1n) is 8.16. The quantitative estimate of drug-likeness (QED) is 0.579. The first-order valence-corrected chi connectivity index (χ1v) is 9.33. The zero-order valence-corrected chi connectivity index (χ0v) is 16.2. The van der Waals surface area contributed by atoms with Crippen molar-refractivity contribution in [2.24, 2.45) is 0 Å². The van der Waals surface area contributed by atoms with Crippen LogP contribution in [0.15, 0.2) is 29.1 Å². The molecule has 0 saturated heterocycles. The minimum Gasteiger partial charge on any atom is -0.464 e. The molecule has 2 atom stereocenters. The fourth-order valence-corrected chi connectivity index (χ4v) is 4.12. The van der Waals surface area contributed by atoms with Crippen LogP contribution in [0.3, 0.4) is 0 Å². The smallest absolute Gasteiger partial charge is 0.337 e. The number of carbonyl (C=O) groups excluding carboxylic acids is 1. The van der Waals surface area contributed by atoms with Crippen LogP contribution in [0.5, 0.6) is 0 Å². The Morgan fingerprint density at radius 1 is 1.54 bits per heavy atom. The number of imidazole rings is 1. The van der Waals surface area contributed by atoms with Crippen LogP contribution in [0.25, 0.3) is 10.9 Å². The molecule has 136 valence electrons. The molecule has 0 radical (unpaired) electrons. The van der Waals surface area contributed by atoms with Crippen LogP contribution >= 0.6 is 27.5 Å². The average molecular weight is 442 g/mol. The van der Waals surface area contributed by atoms with Crippen molar-refractivity contribution in [1.29, 1.82) is 0 Å². The fourth-order valence-electron chi connectivity index (χ4n) is 3.28. The molecule has 0 aliphatic carbocycles. The number of fused-ring (bicyclic) bond motifs is 2. The van der Waals surface area contributed by atoms with Gasteiger partial charge in [-0.1, -0.05) is 27.5 Å². The van der Waals surface area contributed by atoms with Crippen molar-refractivity contribution in [2.45, 2.75) is 32.1 Å². The Balaban J connectivity index is 1.85. The predicted octanol–water partition coefficient (Wildman–Crippen LogP) is 3.70. The van der Waals surface area contributed by atoms with Gasteiger partial charge in [0, 0.05) is 28.2 Å². The number of esters is 1. The maximum atomic E-state index is 13.8. The van der Waals surface area contributed by atoms with Gasteiger partial charge < -0.3 is 9.30 Å². The van der Waals surface area contributed by atoms with Crippen molar-refractivity contribution < 1.29 is 13.9 Å². The van der Waals surface area contributed by atoms with Gasteiger partial charge in [0.05, 0.1) is 35.7 Å². The molecule has 1 aliphatic rings. The second-order valence-corrected chi connectivity index (χ2v) is 7.44. The van der Waals surface area contributed by atoms with Gasteiger partial charge in [-0.25, -0.2) is 14.2 Å². The lowest BCUT2D eigenvalue weighted by molar-refractivity contribution is -0.146. The van der Waals surface area contributed by atoms with Gasteiger partial charge in [-0.3, -0.25) is 4.68 Å². The Bertz CT molecular complexity index is 1000. The van der Waals surface area contributed by atoms with Gasteiger partial charge in [0.1, 0.15) is 6.17 Å². The number of rotatable bonds is 4. The summed E-state index contributed by atoms with van der Waals surface area (Å²) in [6.07, 6.45) is 2.50. The highest BCUT2D eigenvalue weighted by molar-refractivity contribution is 9.10. The highest BCUT2D eigenvalue weighted by atomic mass is 79.9. The van der Waals surface area contributed by atoms with Gasteiger partial charge in [0.15, 0.2) is 6.04 Å². The molecule has 0 amide bonds. The van der Waals surface area contributed by atoms with Crippen LogP contribution in [0.2, 0.25) is 5.02 Å². The van der Waals surface area contributed by atoms with E-state index in [-0.39, 0.29) is 19.6 Å². The van der Waals surface area contributed by atoms with Crippen LogP contribution in [-0.2, 0) is 22.5 Å². The molecule has 0 bridgehead atoms. The average Bonchev–Trinajstić information content (AvgIpc) is 3.23. The SMILES string of the molecule is CCOC(=O)C(c1ncn2c1C[C@@H](F)C2)n1cc2c(Cl)cc(Br)cc2n1. The number of hydrogen-bond acceptors (Lipinski definition) is 4. The summed E-state index contributed by atoms with van der Waals surface area (Å²) in [5.41, 5.74) is 1.80. The number of carbonyl (C=O) groups is 1. The molecule has 3 aromatic rings. The molecule has 4 rings (SSSR count). The van der Waals surface area contributed by atoms with E-state index in [9.17, 15) is 9.18 Å². The van der Waals surface area contributed by atoms with E-state index in [1.807, 2.05) is 6.07 Å². The third kappa shape index (κ3) is 2.91. The minimum atomic E-state index is -0.975. The van der Waals surface area contributed by atoms with Crippen molar-refractivity contribution in [3.05, 3.63) is 45.5 Å². The third-order valence-corrected chi connectivity index (χ3v) is 5.15. The van der Waals surface area contributed by atoms with Crippen LogP contribution in [0.1, 0.15) is 24.4 Å². The second kappa shape index (κ2) is 6.66. The number of benzene rings is 1. The highest BCUT2D eigenvalue weighted by Crippen LogP contribution is 2.32. The number of hydrogen-bond donors (Lipinski definition) is 0. The van der Waals surface area contributed by atoms with Crippen LogP contribution in [-0.4, -0.2) is 38.1 Å². The molecule has 0 spiro atoms. The molecule has 3 heterocycles. The lowest BCUT2D eigenvalue weighted by Gasteiger charge is -2.15. The minimum absolute atomic E-state index is 0.221. The van der Waals surface area contributed by atoms with Gasteiger partial charge in [0.2, 0.25) is 0 Å². The summed E-state index contributed by atoms with van der Waals surface area (Å²) in [6, 6.07) is 2.69. The first-order chi connectivity index (χ1) is 12.5. The van der Waals surface area contributed by atoms with Crippen molar-refractivity contribution in [1.82, 2.24) is 19.3 Å². The van der Waals surface area contributed by atoms with Gasteiger partial charge in [-0.15, -0.1) is 0 Å². The molecule has 0 saturated carbocycles. The second-order valence-electron chi connectivity index (χ2n) is 6.11. The molecule has 0 fully saturated rings. The Kier molecular flexibility index (Phi) is 4.48. The van der Waals surface area contributed by atoms with Gasteiger partial charge in [0.25, 0.3) is 0 Å². The number of alkyl halides is 1. The van der Waals surface area contributed by atoms with Crippen LogP contribution in [0.4, 0.5) is 4.39 Å². The van der Waals surface area contributed by atoms with E-state index < -0.39 is 18.2 Å². The standard InChI is InChI=1S/C17H15BrClFN4O2/c1-2-26-17(25)16(15-14-5-10(20)6-23(14)8-21-15)24-7-11-12(19)3-9(18)4-13(11)22-24/h3-4,7-8,10,16H,2,5-6H2,1H3/t10-,16?/m1/s1. The summed E-state index contributed by atoms with van der Waals surface area (Å²) in [5, 5.41) is 5.72. The lowest BCUT2D eigenvalue weighted by Crippen LogP contribution is -2.25. The topological polar surface area (TPSA) is 61.9 Å². The van der Waals surface area contributed by atoms with Crippen molar-refractivity contribution in [3.8, 4) is 0 Å². The molecular formula is C17H15BrClFN4O2. The fraction of sp³-hybridized carbons (Fsp3) is 0.353. The molecule has 1 unspecified atom stereocenters. The zero-order chi connectivity index (χ0) is 18.4. The Morgan fingerprint density at radius 2 is 2.35 bits per heavy atom. The molecule has 26 heavy (non-hydrogen) atoms. The van der Waals surface area contributed by atoms with E-state index in [1.165, 1.54) is 4.68 Å². The summed E-state index contributed by atoms with van der Waals surface area (Å²) in [6.45, 7) is 2.21. The lowest BCUT2D eigenvalue weighted by atomic mass is 10.1. The van der Waals surface area contributed by atoms with E-state index in [4.69, 9.17) is 16.3 Å². The van der Waals surface area contributed by atoms with E-state index in [0.717, 1.165) is 4.47 Å². The molecule has 6 nitrogen and oxygen atoms in total. The summed E-state index contributed by atoms with van der Waals surface area (Å²) < 4.78 is 23.1. The molecular weight excluding hydrogens is 427 g/mol. The van der Waals surface area contributed by atoms with Gasteiger partial charge in [-0.05, 0) is 19.1 Å². The molecule has 0 N–H and O–H groups in total. The van der Waals surface area contributed by atoms with Gasteiger partial charge in [-0.2, -0.15) is 5.10 Å². The Hall–Kier alpha value is -1.93.